The summed E-state index contributed by atoms with van der Waals surface area (Å²) in [5.41, 5.74) is 1.05. The Kier molecular flexibility index (Phi) is 4.11. The first kappa shape index (κ1) is 13.2. The van der Waals surface area contributed by atoms with Gasteiger partial charge in [-0.25, -0.2) is 0 Å². The van der Waals surface area contributed by atoms with Gasteiger partial charge in [-0.15, -0.1) is 0 Å². The first-order valence-electron chi connectivity index (χ1n) is 5.81. The Morgan fingerprint density at radius 3 is 2.19 bits per heavy atom. The van der Waals surface area contributed by atoms with Crippen molar-refractivity contribution in [3.05, 3.63) is 48.0 Å². The largest absolute Gasteiger partial charge is 0.388 e. The molecule has 0 aromatic heterocycles. The normalized spacial score (nSPS) is 16.3. The van der Waals surface area contributed by atoms with Gasteiger partial charge in [0.1, 0.15) is 0 Å². The van der Waals surface area contributed by atoms with Crippen LogP contribution in [-0.4, -0.2) is 13.2 Å². The highest BCUT2D eigenvalue weighted by Gasteiger charge is 2.41. The maximum absolute atomic E-state index is 11.0. The summed E-state index contributed by atoms with van der Waals surface area (Å²) in [6.07, 6.45) is 4.78. The summed E-state index contributed by atoms with van der Waals surface area (Å²) in [6.45, 7) is 8.63. The van der Waals surface area contributed by atoms with Gasteiger partial charge in [0.15, 0.2) is 0 Å². The summed E-state index contributed by atoms with van der Waals surface area (Å²) < 4.78 is 0. The average Bonchev–Trinajstić information content (AvgIpc) is 2.25. The molecule has 1 rings (SSSR count). The van der Waals surface area contributed by atoms with E-state index >= 15 is 0 Å². The molecule has 0 bridgehead atoms. The molecule has 0 aliphatic rings. The summed E-state index contributed by atoms with van der Waals surface area (Å²) >= 11 is 0. The van der Waals surface area contributed by atoms with Crippen LogP contribution in [0.2, 0.25) is 19.6 Å². The third-order valence-corrected chi connectivity index (χ3v) is 6.12. The van der Waals surface area contributed by atoms with Crippen LogP contribution >= 0.6 is 0 Å². The van der Waals surface area contributed by atoms with E-state index in [0.717, 1.165) is 5.56 Å². The Morgan fingerprint density at radius 2 is 1.75 bits per heavy atom. The van der Waals surface area contributed by atoms with Gasteiger partial charge in [-0.3, -0.25) is 0 Å². The maximum Gasteiger partial charge on any atom is 0.0882 e. The van der Waals surface area contributed by atoms with Crippen molar-refractivity contribution < 1.29 is 5.11 Å². The zero-order chi connectivity index (χ0) is 12.2. The zero-order valence-electron chi connectivity index (χ0n) is 10.7. The van der Waals surface area contributed by atoms with Gasteiger partial charge >= 0.3 is 0 Å². The van der Waals surface area contributed by atoms with Crippen molar-refractivity contribution in [1.82, 2.24) is 0 Å². The van der Waals surface area contributed by atoms with E-state index in [1.165, 1.54) is 0 Å². The molecule has 1 N–H and O–H groups in total. The Balaban J connectivity index is 3.15. The fourth-order valence-electron chi connectivity index (χ4n) is 1.86. The summed E-state index contributed by atoms with van der Waals surface area (Å²) in [6, 6.07) is 10.0. The molecule has 2 heteroatoms. The standard InChI is InChI=1S/C14H22OSi/c1-5-6-12-14(15,16(2,3)4)13-10-8-7-9-11-13/h5-11,15H,12H2,1-4H3/b6-5+. The quantitative estimate of drug-likeness (QED) is 0.622. The Bertz CT molecular complexity index is 351. The number of hydrogen-bond acceptors (Lipinski definition) is 1. The Morgan fingerprint density at radius 1 is 1.19 bits per heavy atom. The van der Waals surface area contributed by atoms with Gasteiger partial charge in [0.25, 0.3) is 0 Å². The summed E-state index contributed by atoms with van der Waals surface area (Å²) in [5, 5.41) is 10.3. The molecule has 1 unspecified atom stereocenters. The van der Waals surface area contributed by atoms with Crippen LogP contribution < -0.4 is 0 Å². The minimum absolute atomic E-state index is 0.666. The molecular weight excluding hydrogens is 212 g/mol. The van der Waals surface area contributed by atoms with Gasteiger partial charge < -0.3 is 5.11 Å². The van der Waals surface area contributed by atoms with Crippen LogP contribution in [0.3, 0.4) is 0 Å². The first-order chi connectivity index (χ1) is 7.42. The van der Waals surface area contributed by atoms with Crippen LogP contribution in [-0.2, 0) is 5.22 Å². The predicted molar refractivity (Wildman–Crippen MR) is 73.1 cm³/mol. The van der Waals surface area contributed by atoms with E-state index in [9.17, 15) is 5.11 Å². The van der Waals surface area contributed by atoms with Gasteiger partial charge in [0.2, 0.25) is 0 Å². The van der Waals surface area contributed by atoms with Crippen LogP contribution in [0.4, 0.5) is 0 Å². The second-order valence-electron chi connectivity index (χ2n) is 5.25. The van der Waals surface area contributed by atoms with E-state index in [0.29, 0.717) is 6.42 Å². The van der Waals surface area contributed by atoms with Gasteiger partial charge in [0, 0.05) is 0 Å². The SMILES string of the molecule is C/C=C/CC(O)(c1ccccc1)[Si](C)(C)C. The number of aliphatic hydroxyl groups is 1. The fraction of sp³-hybridized carbons (Fsp3) is 0.429. The Labute approximate surface area is 99.8 Å². The average molecular weight is 234 g/mol. The molecule has 1 aromatic carbocycles. The van der Waals surface area contributed by atoms with Crippen molar-refractivity contribution in [1.29, 1.82) is 0 Å². The zero-order valence-corrected chi connectivity index (χ0v) is 11.7. The molecule has 1 aromatic rings. The van der Waals surface area contributed by atoms with Crippen LogP contribution in [0.1, 0.15) is 18.9 Å². The van der Waals surface area contributed by atoms with Crippen molar-refractivity contribution in [3.63, 3.8) is 0 Å². The topological polar surface area (TPSA) is 20.2 Å². The highest BCUT2D eigenvalue weighted by atomic mass is 28.3. The van der Waals surface area contributed by atoms with Crippen molar-refractivity contribution >= 4 is 8.07 Å². The maximum atomic E-state index is 11.0. The molecule has 16 heavy (non-hydrogen) atoms. The molecule has 0 spiro atoms. The second-order valence-corrected chi connectivity index (χ2v) is 10.6. The van der Waals surface area contributed by atoms with Crippen molar-refractivity contribution in [3.8, 4) is 0 Å². The molecule has 0 heterocycles. The van der Waals surface area contributed by atoms with Crippen LogP contribution in [0.5, 0.6) is 0 Å². The molecule has 0 saturated carbocycles. The van der Waals surface area contributed by atoms with Gasteiger partial charge in [0.05, 0.1) is 13.3 Å². The molecule has 1 nitrogen and oxygen atoms in total. The molecule has 0 aliphatic heterocycles. The number of hydrogen-bond donors (Lipinski definition) is 1. The lowest BCUT2D eigenvalue weighted by Crippen LogP contribution is -2.49. The molecule has 0 saturated heterocycles. The van der Waals surface area contributed by atoms with Crippen LogP contribution in [0, 0.1) is 0 Å². The first-order valence-corrected chi connectivity index (χ1v) is 9.31. The fourth-order valence-corrected chi connectivity index (χ4v) is 3.62. The lowest BCUT2D eigenvalue weighted by atomic mass is 10.1. The summed E-state index contributed by atoms with van der Waals surface area (Å²) in [5.74, 6) is 0. The van der Waals surface area contributed by atoms with Crippen molar-refractivity contribution in [2.45, 2.75) is 38.2 Å². The molecular formula is C14H22OSi. The summed E-state index contributed by atoms with van der Waals surface area (Å²) in [4.78, 5) is 0. The molecule has 1 atom stereocenters. The minimum atomic E-state index is -1.68. The van der Waals surface area contributed by atoms with E-state index < -0.39 is 13.3 Å². The highest BCUT2D eigenvalue weighted by Crippen LogP contribution is 2.35. The van der Waals surface area contributed by atoms with Gasteiger partial charge in [-0.2, -0.15) is 0 Å². The Hall–Kier alpha value is -0.863. The second kappa shape index (κ2) is 4.98. The predicted octanol–water partition coefficient (Wildman–Crippen LogP) is 3.72. The summed E-state index contributed by atoms with van der Waals surface area (Å²) in [7, 11) is -1.68. The third-order valence-electron chi connectivity index (χ3n) is 3.14. The highest BCUT2D eigenvalue weighted by molar-refractivity contribution is 6.78. The van der Waals surface area contributed by atoms with Crippen LogP contribution in [0.15, 0.2) is 42.5 Å². The number of rotatable bonds is 4. The van der Waals surface area contributed by atoms with E-state index in [2.05, 4.69) is 25.7 Å². The number of benzene rings is 1. The van der Waals surface area contributed by atoms with Crippen LogP contribution in [0.25, 0.3) is 0 Å². The monoisotopic (exact) mass is 234 g/mol. The molecule has 0 fully saturated rings. The van der Waals surface area contributed by atoms with E-state index in [-0.39, 0.29) is 0 Å². The van der Waals surface area contributed by atoms with Crippen molar-refractivity contribution in [2.24, 2.45) is 0 Å². The molecule has 88 valence electrons. The van der Waals surface area contributed by atoms with Crippen molar-refractivity contribution in [2.75, 3.05) is 0 Å². The van der Waals surface area contributed by atoms with E-state index in [1.807, 2.05) is 43.3 Å². The number of allylic oxidation sites excluding steroid dienone is 1. The molecule has 0 amide bonds. The lowest BCUT2D eigenvalue weighted by molar-refractivity contribution is 0.118. The smallest absolute Gasteiger partial charge is 0.0882 e. The van der Waals surface area contributed by atoms with Gasteiger partial charge in [-0.1, -0.05) is 62.1 Å². The third kappa shape index (κ3) is 2.63. The lowest BCUT2D eigenvalue weighted by Gasteiger charge is -2.39. The molecule has 0 aliphatic carbocycles. The molecule has 0 radical (unpaired) electrons. The van der Waals surface area contributed by atoms with E-state index in [1.54, 1.807) is 0 Å². The minimum Gasteiger partial charge on any atom is -0.388 e. The van der Waals surface area contributed by atoms with E-state index in [4.69, 9.17) is 0 Å². The van der Waals surface area contributed by atoms with Gasteiger partial charge in [-0.05, 0) is 18.9 Å².